The van der Waals surface area contributed by atoms with Crippen LogP contribution in [0.1, 0.15) is 45.1 Å². The van der Waals surface area contributed by atoms with Crippen LogP contribution in [0.2, 0.25) is 0 Å². The lowest BCUT2D eigenvalue weighted by molar-refractivity contribution is -0.385. The summed E-state index contributed by atoms with van der Waals surface area (Å²) in [5.74, 6) is -1.44. The van der Waals surface area contributed by atoms with Gasteiger partial charge in [-0.05, 0) is 24.8 Å². The molecule has 0 radical (unpaired) electrons. The zero-order valence-electron chi connectivity index (χ0n) is 19.4. The third-order valence-corrected chi connectivity index (χ3v) is 5.83. The van der Waals surface area contributed by atoms with E-state index in [1.54, 1.807) is 6.92 Å². The molecule has 0 saturated heterocycles. The summed E-state index contributed by atoms with van der Waals surface area (Å²) in [6.45, 7) is 9.18. The van der Waals surface area contributed by atoms with E-state index >= 15 is 0 Å². The lowest BCUT2D eigenvalue weighted by Gasteiger charge is -2.39. The highest BCUT2D eigenvalue weighted by molar-refractivity contribution is 6.04. The number of ether oxygens (including phenoxy) is 3. The minimum atomic E-state index is -0.998. The second-order valence-electron chi connectivity index (χ2n) is 8.84. The summed E-state index contributed by atoms with van der Waals surface area (Å²) in [5, 5.41) is 15.3. The van der Waals surface area contributed by atoms with Crippen molar-refractivity contribution in [1.29, 1.82) is 0 Å². The fourth-order valence-corrected chi connectivity index (χ4v) is 4.50. The van der Waals surface area contributed by atoms with Gasteiger partial charge in [0, 0.05) is 29.0 Å². The van der Waals surface area contributed by atoms with Gasteiger partial charge in [0.15, 0.2) is 17.3 Å². The number of hydrogen-bond donors (Lipinski definition) is 1. The molecule has 1 aromatic rings. The number of Topliss-reactive ketones (excluding diaryl/α,β-unsaturated/α-hetero) is 1. The number of hydrogen-bond acceptors (Lipinski definition) is 8. The molecule has 0 aromatic heterocycles. The fourth-order valence-electron chi connectivity index (χ4n) is 4.50. The van der Waals surface area contributed by atoms with Crippen LogP contribution in [-0.2, 0) is 14.3 Å². The molecule has 1 atom stereocenters. The van der Waals surface area contributed by atoms with E-state index in [-0.39, 0.29) is 52.5 Å². The molecule has 1 aliphatic heterocycles. The summed E-state index contributed by atoms with van der Waals surface area (Å²) in [6.07, 6.45) is 2.23. The summed E-state index contributed by atoms with van der Waals surface area (Å²) in [4.78, 5) is 37.9. The number of rotatable bonds is 7. The number of allylic oxidation sites excluding steroid dienone is 3. The van der Waals surface area contributed by atoms with Gasteiger partial charge in [0.1, 0.15) is 6.61 Å². The number of ketones is 1. The summed E-state index contributed by atoms with van der Waals surface area (Å²) in [5.41, 5.74) is 1.18. The van der Waals surface area contributed by atoms with Crippen molar-refractivity contribution in [2.75, 3.05) is 20.8 Å². The second-order valence-corrected chi connectivity index (χ2v) is 8.84. The third-order valence-electron chi connectivity index (χ3n) is 5.83. The largest absolute Gasteiger partial charge is 0.493 e. The summed E-state index contributed by atoms with van der Waals surface area (Å²) >= 11 is 0. The number of nitro benzene ring substituents is 1. The Hall–Kier alpha value is -3.62. The first-order chi connectivity index (χ1) is 15.5. The average Bonchev–Trinajstić information content (AvgIpc) is 2.74. The molecule has 1 heterocycles. The first-order valence-electron chi connectivity index (χ1n) is 10.5. The molecule has 0 amide bonds. The van der Waals surface area contributed by atoms with Crippen molar-refractivity contribution in [3.63, 3.8) is 0 Å². The van der Waals surface area contributed by atoms with Gasteiger partial charge in [0.2, 0.25) is 0 Å². The standard InChI is InChI=1S/C24H28N2O7/c1-7-8-33-23(28)20-13(2)25-15-11-24(3,4)12-17(27)22(15)21(20)14-9-18(31-5)19(32-6)10-16(14)26(29)30/h7,9-10,21,25H,1,8,11-12H2,2-6H3/t21-/m1/s1. The Morgan fingerprint density at radius 1 is 1.27 bits per heavy atom. The predicted molar refractivity (Wildman–Crippen MR) is 121 cm³/mol. The van der Waals surface area contributed by atoms with Crippen LogP contribution in [0.5, 0.6) is 11.5 Å². The first-order valence-corrected chi connectivity index (χ1v) is 10.5. The number of benzene rings is 1. The normalized spacial score (nSPS) is 19.4. The molecular formula is C24H28N2O7. The number of dihydropyridines is 1. The Kier molecular flexibility index (Phi) is 6.62. The summed E-state index contributed by atoms with van der Waals surface area (Å²) in [6, 6.07) is 2.70. The number of esters is 1. The van der Waals surface area contributed by atoms with Gasteiger partial charge in [-0.3, -0.25) is 14.9 Å². The number of carbonyl (C=O) groups is 2. The van der Waals surface area contributed by atoms with Gasteiger partial charge in [0.05, 0.1) is 36.7 Å². The predicted octanol–water partition coefficient (Wildman–Crippen LogP) is 3.95. The Morgan fingerprint density at radius 3 is 2.48 bits per heavy atom. The third kappa shape index (κ3) is 4.48. The van der Waals surface area contributed by atoms with Crippen molar-refractivity contribution in [2.24, 2.45) is 5.41 Å². The zero-order valence-corrected chi connectivity index (χ0v) is 19.4. The SMILES string of the molecule is C=CCOC(=O)C1=C(C)NC2=C(C(=O)CC(C)(C)C2)[C@@H]1c1cc(OC)c(OC)cc1[N+](=O)[O-]. The minimum absolute atomic E-state index is 0.0384. The minimum Gasteiger partial charge on any atom is -0.493 e. The Labute approximate surface area is 192 Å². The van der Waals surface area contributed by atoms with Crippen molar-refractivity contribution < 1.29 is 28.7 Å². The van der Waals surface area contributed by atoms with E-state index in [1.165, 1.54) is 32.4 Å². The highest BCUT2D eigenvalue weighted by Gasteiger charge is 2.45. The lowest BCUT2D eigenvalue weighted by atomic mass is 9.68. The van der Waals surface area contributed by atoms with E-state index in [4.69, 9.17) is 14.2 Å². The van der Waals surface area contributed by atoms with Gasteiger partial charge < -0.3 is 19.5 Å². The van der Waals surface area contributed by atoms with Crippen LogP contribution in [0.15, 0.2) is 47.3 Å². The number of methoxy groups -OCH3 is 2. The molecule has 1 aliphatic carbocycles. The molecule has 0 fully saturated rings. The molecule has 1 N–H and O–H groups in total. The van der Waals surface area contributed by atoms with E-state index in [9.17, 15) is 19.7 Å². The monoisotopic (exact) mass is 456 g/mol. The Morgan fingerprint density at radius 2 is 1.91 bits per heavy atom. The molecule has 3 rings (SSSR count). The van der Waals surface area contributed by atoms with Crippen LogP contribution in [0.4, 0.5) is 5.69 Å². The maximum absolute atomic E-state index is 13.4. The molecule has 0 spiro atoms. The highest BCUT2D eigenvalue weighted by atomic mass is 16.6. The molecule has 0 unspecified atom stereocenters. The van der Waals surface area contributed by atoms with Crippen LogP contribution in [0.3, 0.4) is 0 Å². The van der Waals surface area contributed by atoms with Gasteiger partial charge in [-0.2, -0.15) is 0 Å². The molecule has 1 aromatic carbocycles. The molecule has 0 bridgehead atoms. The van der Waals surface area contributed by atoms with E-state index in [0.717, 1.165) is 0 Å². The van der Waals surface area contributed by atoms with Gasteiger partial charge in [0.25, 0.3) is 5.69 Å². The van der Waals surface area contributed by atoms with Crippen LogP contribution in [-0.4, -0.2) is 37.5 Å². The second kappa shape index (κ2) is 9.09. The molecule has 0 saturated carbocycles. The molecular weight excluding hydrogens is 428 g/mol. The van der Waals surface area contributed by atoms with E-state index in [2.05, 4.69) is 11.9 Å². The highest BCUT2D eigenvalue weighted by Crippen LogP contribution is 2.50. The zero-order chi connectivity index (χ0) is 24.5. The summed E-state index contributed by atoms with van der Waals surface area (Å²) < 4.78 is 15.9. The van der Waals surface area contributed by atoms with E-state index < -0.39 is 16.8 Å². The number of nitrogens with one attached hydrogen (secondary N) is 1. The van der Waals surface area contributed by atoms with Gasteiger partial charge in [-0.15, -0.1) is 0 Å². The number of carbonyl (C=O) groups excluding carboxylic acids is 2. The van der Waals surface area contributed by atoms with Crippen molar-refractivity contribution in [3.8, 4) is 11.5 Å². The smallest absolute Gasteiger partial charge is 0.337 e. The summed E-state index contributed by atoms with van der Waals surface area (Å²) in [7, 11) is 2.79. The number of nitrogens with zero attached hydrogens (tertiary/aromatic N) is 1. The van der Waals surface area contributed by atoms with Crippen LogP contribution in [0.25, 0.3) is 0 Å². The quantitative estimate of drug-likeness (QED) is 0.284. The maximum Gasteiger partial charge on any atom is 0.337 e. The number of nitro groups is 1. The lowest BCUT2D eigenvalue weighted by Crippen LogP contribution is -2.38. The van der Waals surface area contributed by atoms with E-state index in [1.807, 2.05) is 13.8 Å². The maximum atomic E-state index is 13.4. The molecule has 9 nitrogen and oxygen atoms in total. The molecule has 9 heteroatoms. The van der Waals surface area contributed by atoms with E-state index in [0.29, 0.717) is 23.4 Å². The van der Waals surface area contributed by atoms with Crippen LogP contribution >= 0.6 is 0 Å². The van der Waals surface area contributed by atoms with Gasteiger partial charge >= 0.3 is 5.97 Å². The van der Waals surface area contributed by atoms with Crippen molar-refractivity contribution >= 4 is 17.4 Å². The molecule has 176 valence electrons. The molecule has 33 heavy (non-hydrogen) atoms. The topological polar surface area (TPSA) is 117 Å². The van der Waals surface area contributed by atoms with Crippen molar-refractivity contribution in [1.82, 2.24) is 5.32 Å². The molecule has 2 aliphatic rings. The van der Waals surface area contributed by atoms with Crippen LogP contribution in [0, 0.1) is 15.5 Å². The Balaban J connectivity index is 2.33. The average molecular weight is 456 g/mol. The van der Waals surface area contributed by atoms with Crippen LogP contribution < -0.4 is 14.8 Å². The van der Waals surface area contributed by atoms with Gasteiger partial charge in [-0.1, -0.05) is 26.5 Å². The first kappa shape index (κ1) is 24.0. The van der Waals surface area contributed by atoms with Gasteiger partial charge in [-0.25, -0.2) is 4.79 Å². The van der Waals surface area contributed by atoms with Crippen molar-refractivity contribution in [2.45, 2.75) is 39.5 Å². The Bertz CT molecular complexity index is 1100. The fraction of sp³-hybridized carbons (Fsp3) is 0.417. The van der Waals surface area contributed by atoms with Crippen molar-refractivity contribution in [3.05, 3.63) is 63.0 Å².